The summed E-state index contributed by atoms with van der Waals surface area (Å²) in [6, 6.07) is 16.4. The molecule has 0 N–H and O–H groups in total. The number of hydrogen-bond acceptors (Lipinski definition) is 5. The Morgan fingerprint density at radius 1 is 0.800 bits per heavy atom. The van der Waals surface area contributed by atoms with Crippen LogP contribution in [0.15, 0.2) is 59.4 Å². The summed E-state index contributed by atoms with van der Waals surface area (Å²) in [6.07, 6.45) is 0. The third kappa shape index (κ3) is 4.52. The van der Waals surface area contributed by atoms with Crippen molar-refractivity contribution in [1.29, 1.82) is 0 Å². The first-order valence-electron chi connectivity index (χ1n) is 11.5. The summed E-state index contributed by atoms with van der Waals surface area (Å²) in [6.45, 7) is 7.75. The predicted octanol–water partition coefficient (Wildman–Crippen LogP) is 5.94. The van der Waals surface area contributed by atoms with Gasteiger partial charge in [-0.15, -0.1) is 0 Å². The summed E-state index contributed by atoms with van der Waals surface area (Å²) < 4.78 is 1.47. The Hall–Kier alpha value is -2.64. The number of aromatic nitrogens is 3. The zero-order valence-electron chi connectivity index (χ0n) is 19.4. The maximum absolute atomic E-state index is 13.2. The molecule has 0 amide bonds. The number of rotatable bonds is 4. The van der Waals surface area contributed by atoms with Gasteiger partial charge >= 0.3 is 0 Å². The minimum absolute atomic E-state index is 0.285. The third-order valence-corrected chi connectivity index (χ3v) is 7.30. The molecule has 5 rings (SSSR count). The molecule has 0 bridgehead atoms. The van der Waals surface area contributed by atoms with Crippen molar-refractivity contribution in [2.24, 2.45) is 0 Å². The molecule has 3 heterocycles. The Morgan fingerprint density at radius 2 is 1.46 bits per heavy atom. The number of anilines is 1. The molecule has 1 aliphatic rings. The number of piperazine rings is 1. The van der Waals surface area contributed by atoms with Gasteiger partial charge in [-0.05, 0) is 38.1 Å². The van der Waals surface area contributed by atoms with Crippen molar-refractivity contribution >= 4 is 51.8 Å². The summed E-state index contributed by atoms with van der Waals surface area (Å²) in [5, 5.41) is 1.96. The van der Waals surface area contributed by atoms with Crippen molar-refractivity contribution in [2.45, 2.75) is 19.9 Å². The summed E-state index contributed by atoms with van der Waals surface area (Å²) in [5.41, 5.74) is 1.95. The van der Waals surface area contributed by atoms with Crippen LogP contribution in [0.5, 0.6) is 0 Å². The van der Waals surface area contributed by atoms with Crippen LogP contribution in [0.2, 0.25) is 15.1 Å². The van der Waals surface area contributed by atoms with Gasteiger partial charge in [-0.2, -0.15) is 4.98 Å². The minimum Gasteiger partial charge on any atom is -0.338 e. The largest absolute Gasteiger partial charge is 0.338 e. The molecule has 180 valence electrons. The van der Waals surface area contributed by atoms with E-state index >= 15 is 0 Å². The van der Waals surface area contributed by atoms with Crippen LogP contribution in [-0.2, 0) is 0 Å². The Labute approximate surface area is 218 Å². The lowest BCUT2D eigenvalue weighted by Crippen LogP contribution is -2.49. The number of benzene rings is 2. The number of fused-ring (bicyclic) bond motifs is 1. The van der Waals surface area contributed by atoms with Crippen molar-refractivity contribution in [1.82, 2.24) is 19.4 Å². The highest BCUT2D eigenvalue weighted by atomic mass is 35.5. The van der Waals surface area contributed by atoms with Crippen molar-refractivity contribution in [3.05, 3.63) is 80.0 Å². The molecule has 2 aromatic carbocycles. The molecule has 0 saturated carbocycles. The van der Waals surface area contributed by atoms with E-state index in [-0.39, 0.29) is 5.56 Å². The van der Waals surface area contributed by atoms with Gasteiger partial charge in [0.25, 0.3) is 5.56 Å². The fraction of sp³-hybridized carbons (Fsp3) is 0.269. The first-order valence-corrected chi connectivity index (χ1v) is 12.6. The Morgan fingerprint density at radius 3 is 2.11 bits per heavy atom. The van der Waals surface area contributed by atoms with E-state index in [1.807, 2.05) is 24.3 Å². The fourth-order valence-corrected chi connectivity index (χ4v) is 5.25. The quantitative estimate of drug-likeness (QED) is 0.328. The molecular weight excluding hydrogens is 505 g/mol. The molecule has 35 heavy (non-hydrogen) atoms. The molecule has 0 spiro atoms. The first-order chi connectivity index (χ1) is 16.8. The average Bonchev–Trinajstić information content (AvgIpc) is 2.85. The van der Waals surface area contributed by atoms with Crippen molar-refractivity contribution in [3.63, 3.8) is 0 Å². The summed E-state index contributed by atoms with van der Waals surface area (Å²) in [4.78, 5) is 27.6. The van der Waals surface area contributed by atoms with E-state index in [4.69, 9.17) is 44.8 Å². The van der Waals surface area contributed by atoms with E-state index in [9.17, 15) is 4.79 Å². The van der Waals surface area contributed by atoms with Crippen molar-refractivity contribution in [2.75, 3.05) is 31.1 Å². The predicted molar refractivity (Wildman–Crippen MR) is 145 cm³/mol. The third-order valence-electron chi connectivity index (χ3n) is 6.36. The lowest BCUT2D eigenvalue weighted by Gasteiger charge is -2.37. The fourth-order valence-electron chi connectivity index (χ4n) is 4.46. The molecule has 0 aliphatic carbocycles. The smallest absolute Gasteiger partial charge is 0.256 e. The number of para-hydroxylation sites is 1. The van der Waals surface area contributed by atoms with Gasteiger partial charge in [0.2, 0.25) is 5.95 Å². The van der Waals surface area contributed by atoms with Crippen LogP contribution in [0, 0.1) is 0 Å². The van der Waals surface area contributed by atoms with Crippen LogP contribution in [-0.4, -0.2) is 51.7 Å². The monoisotopic (exact) mass is 527 g/mol. The first kappa shape index (κ1) is 24.1. The van der Waals surface area contributed by atoms with Gasteiger partial charge in [0.15, 0.2) is 5.65 Å². The second-order valence-electron chi connectivity index (χ2n) is 8.78. The number of halogens is 3. The van der Waals surface area contributed by atoms with Crippen LogP contribution in [0.1, 0.15) is 13.8 Å². The zero-order valence-corrected chi connectivity index (χ0v) is 21.6. The molecule has 2 aromatic heterocycles. The maximum Gasteiger partial charge on any atom is 0.256 e. The molecule has 4 aromatic rings. The molecule has 0 atom stereocenters. The van der Waals surface area contributed by atoms with Gasteiger partial charge in [-0.3, -0.25) is 14.3 Å². The minimum atomic E-state index is -0.285. The van der Waals surface area contributed by atoms with Gasteiger partial charge in [0.05, 0.1) is 21.4 Å². The van der Waals surface area contributed by atoms with E-state index in [1.165, 1.54) is 10.6 Å². The molecular formula is C26H24Cl3N5O. The van der Waals surface area contributed by atoms with Crippen molar-refractivity contribution in [3.8, 4) is 16.9 Å². The van der Waals surface area contributed by atoms with Crippen LogP contribution in [0.3, 0.4) is 0 Å². The van der Waals surface area contributed by atoms with Gasteiger partial charge < -0.3 is 4.90 Å². The van der Waals surface area contributed by atoms with Gasteiger partial charge in [0, 0.05) is 54.3 Å². The highest BCUT2D eigenvalue weighted by Crippen LogP contribution is 2.35. The molecule has 9 heteroatoms. The SMILES string of the molecule is CC(C)N1CCN(c2nc(-c3ccccc3Cl)c3ccc(=O)n(-c4c(Cl)cccc4Cl)c3n2)CC1. The lowest BCUT2D eigenvalue weighted by molar-refractivity contribution is 0.208. The molecule has 0 unspecified atom stereocenters. The van der Waals surface area contributed by atoms with Gasteiger partial charge in [-0.25, -0.2) is 4.98 Å². The number of nitrogens with zero attached hydrogens (tertiary/aromatic N) is 5. The highest BCUT2D eigenvalue weighted by Gasteiger charge is 2.24. The van der Waals surface area contributed by atoms with Crippen LogP contribution in [0.4, 0.5) is 5.95 Å². The normalized spacial score (nSPS) is 14.7. The topological polar surface area (TPSA) is 54.3 Å². The Kier molecular flexibility index (Phi) is 6.73. The molecule has 1 fully saturated rings. The second-order valence-corrected chi connectivity index (χ2v) is 10.0. The molecule has 0 radical (unpaired) electrons. The number of hydrogen-bond donors (Lipinski definition) is 0. The van der Waals surface area contributed by atoms with Gasteiger partial charge in [0.1, 0.15) is 0 Å². The summed E-state index contributed by atoms with van der Waals surface area (Å²) in [5.74, 6) is 0.540. The second kappa shape index (κ2) is 9.78. The zero-order chi connectivity index (χ0) is 24.7. The van der Waals surface area contributed by atoms with E-state index < -0.39 is 0 Å². The van der Waals surface area contributed by atoms with E-state index in [0.29, 0.717) is 49.5 Å². The summed E-state index contributed by atoms with van der Waals surface area (Å²) >= 11 is 19.7. The van der Waals surface area contributed by atoms with Crippen LogP contribution < -0.4 is 10.5 Å². The average molecular weight is 529 g/mol. The molecule has 1 saturated heterocycles. The van der Waals surface area contributed by atoms with E-state index in [1.54, 1.807) is 24.3 Å². The number of pyridine rings is 1. The van der Waals surface area contributed by atoms with E-state index in [2.05, 4.69) is 23.6 Å². The Balaban J connectivity index is 1.78. The highest BCUT2D eigenvalue weighted by molar-refractivity contribution is 6.38. The van der Waals surface area contributed by atoms with Crippen LogP contribution in [0.25, 0.3) is 28.0 Å². The standard InChI is InChI=1S/C26H24Cl3N5O/c1-16(2)32-12-14-33(15-13-32)26-30-23(17-6-3-4-7-19(17)27)18-10-11-22(35)34(25(18)31-26)24-20(28)8-5-9-21(24)29/h3-11,16H,12-15H2,1-2H3. The Bertz CT molecular complexity index is 1440. The maximum atomic E-state index is 13.2. The van der Waals surface area contributed by atoms with Crippen LogP contribution >= 0.6 is 34.8 Å². The summed E-state index contributed by atoms with van der Waals surface area (Å²) in [7, 11) is 0. The molecule has 1 aliphatic heterocycles. The molecule has 6 nitrogen and oxygen atoms in total. The van der Waals surface area contributed by atoms with Gasteiger partial charge in [-0.1, -0.05) is 59.1 Å². The van der Waals surface area contributed by atoms with E-state index in [0.717, 1.165) is 31.7 Å². The lowest BCUT2D eigenvalue weighted by atomic mass is 10.1. The van der Waals surface area contributed by atoms with Crippen molar-refractivity contribution < 1.29 is 0 Å².